The maximum atomic E-state index is 5.48. The van der Waals surface area contributed by atoms with E-state index in [4.69, 9.17) is 9.97 Å². The van der Waals surface area contributed by atoms with Crippen molar-refractivity contribution in [3.63, 3.8) is 0 Å². The molecule has 9 aromatic carbocycles. The van der Waals surface area contributed by atoms with Gasteiger partial charge in [-0.15, -0.1) is 0 Å². The summed E-state index contributed by atoms with van der Waals surface area (Å²) in [5, 5.41) is 9.63. The second-order valence-electron chi connectivity index (χ2n) is 15.4. The van der Waals surface area contributed by atoms with Crippen LogP contribution in [0.1, 0.15) is 0 Å². The molecule has 4 aromatic heterocycles. The second kappa shape index (κ2) is 12.2. The van der Waals surface area contributed by atoms with Crippen LogP contribution in [0.2, 0.25) is 0 Å². The van der Waals surface area contributed by atoms with Crippen molar-refractivity contribution in [1.29, 1.82) is 0 Å². The number of hydrogen-bond donors (Lipinski definition) is 0. The van der Waals surface area contributed by atoms with Gasteiger partial charge in [0.25, 0.3) is 0 Å². The van der Waals surface area contributed by atoms with Crippen LogP contribution in [0, 0.1) is 0 Å². The summed E-state index contributed by atoms with van der Waals surface area (Å²) >= 11 is 0. The van der Waals surface area contributed by atoms with Crippen molar-refractivity contribution >= 4 is 87.2 Å². The van der Waals surface area contributed by atoms with Gasteiger partial charge < -0.3 is 9.13 Å². The average Bonchev–Trinajstić information content (AvgIpc) is 3.94. The van der Waals surface area contributed by atoms with Crippen LogP contribution in [0.5, 0.6) is 0 Å². The Morgan fingerprint density at radius 2 is 0.831 bits per heavy atom. The van der Waals surface area contributed by atoms with Gasteiger partial charge in [0.1, 0.15) is 5.69 Å². The minimum absolute atomic E-state index is 0.807. The Kier molecular flexibility index (Phi) is 6.66. The highest BCUT2D eigenvalue weighted by Crippen LogP contribution is 2.44. The number of rotatable bonds is 4. The van der Waals surface area contributed by atoms with Crippen molar-refractivity contribution in [1.82, 2.24) is 23.7 Å². The average molecular weight is 752 g/mol. The van der Waals surface area contributed by atoms with Gasteiger partial charge in [0.2, 0.25) is 0 Å². The molecule has 274 valence electrons. The minimum Gasteiger partial charge on any atom is -0.309 e. The Morgan fingerprint density at radius 3 is 1.54 bits per heavy atom. The van der Waals surface area contributed by atoms with Crippen LogP contribution in [0.4, 0.5) is 0 Å². The molecule has 0 bridgehead atoms. The molecule has 0 aliphatic heterocycles. The Labute approximate surface area is 338 Å². The number of hydrogen-bond acceptors (Lipinski definition) is 2. The van der Waals surface area contributed by atoms with Gasteiger partial charge in [0, 0.05) is 49.3 Å². The van der Waals surface area contributed by atoms with Gasteiger partial charge >= 0.3 is 0 Å². The smallest absolute Gasteiger partial charge is 0.165 e. The van der Waals surface area contributed by atoms with Crippen LogP contribution < -0.4 is 0 Å². The third-order valence-corrected chi connectivity index (χ3v) is 12.2. The summed E-state index contributed by atoms with van der Waals surface area (Å²) in [5.41, 5.74) is 12.7. The van der Waals surface area contributed by atoms with E-state index in [0.29, 0.717) is 0 Å². The summed E-state index contributed by atoms with van der Waals surface area (Å²) in [6, 6.07) is 71.8. The summed E-state index contributed by atoms with van der Waals surface area (Å²) in [7, 11) is 0. The molecule has 5 heteroatoms. The van der Waals surface area contributed by atoms with Gasteiger partial charge in [-0.1, -0.05) is 133 Å². The molecule has 0 amide bonds. The molecule has 5 nitrogen and oxygen atoms in total. The van der Waals surface area contributed by atoms with E-state index in [2.05, 4.69) is 202 Å². The van der Waals surface area contributed by atoms with Crippen molar-refractivity contribution in [3.05, 3.63) is 200 Å². The fourth-order valence-electron chi connectivity index (χ4n) is 9.74. The standard InChI is InChI=1S/C54H33N5/c1-2-17-35(18-3-1)57-46-27-12-7-21-41(46)51-48(57)31-32-49-52(51)42-22-8-13-28-47(42)58(49)36-29-30-39-38-20-6-11-26-45(38)59(50(39)33-36)54-53(55-43-24-9-10-25-44(43)56-54)40-23-14-16-34-15-4-5-19-37(34)40/h1-33H. The molecule has 0 unspecified atom stereocenters. The van der Waals surface area contributed by atoms with E-state index in [0.717, 1.165) is 66.8 Å². The molecule has 4 heterocycles. The van der Waals surface area contributed by atoms with Gasteiger partial charge in [-0.05, 0) is 77.5 Å². The van der Waals surface area contributed by atoms with E-state index in [1.54, 1.807) is 0 Å². The topological polar surface area (TPSA) is 40.6 Å². The minimum atomic E-state index is 0.807. The van der Waals surface area contributed by atoms with Crippen LogP contribution in [0.15, 0.2) is 200 Å². The molecular weight excluding hydrogens is 719 g/mol. The Hall–Kier alpha value is -8.02. The van der Waals surface area contributed by atoms with Gasteiger partial charge in [0.05, 0.1) is 44.1 Å². The molecule has 0 saturated heterocycles. The van der Waals surface area contributed by atoms with E-state index < -0.39 is 0 Å². The molecule has 0 radical (unpaired) electrons. The second-order valence-corrected chi connectivity index (χ2v) is 15.4. The van der Waals surface area contributed by atoms with Crippen molar-refractivity contribution in [3.8, 4) is 28.5 Å². The summed E-state index contributed by atoms with van der Waals surface area (Å²) in [6.07, 6.45) is 0. The summed E-state index contributed by atoms with van der Waals surface area (Å²) in [6.45, 7) is 0. The zero-order valence-corrected chi connectivity index (χ0v) is 31.8. The molecule has 0 saturated carbocycles. The van der Waals surface area contributed by atoms with E-state index >= 15 is 0 Å². The maximum absolute atomic E-state index is 5.48. The number of para-hydroxylation sites is 6. The molecule has 0 N–H and O–H groups in total. The first-order valence-corrected chi connectivity index (χ1v) is 20.1. The lowest BCUT2D eigenvalue weighted by atomic mass is 10.0. The normalized spacial score (nSPS) is 12.1. The molecular formula is C54H33N5. The summed E-state index contributed by atoms with van der Waals surface area (Å²) in [5.74, 6) is 0.807. The molecule has 13 rings (SSSR count). The highest BCUT2D eigenvalue weighted by Gasteiger charge is 2.23. The van der Waals surface area contributed by atoms with Crippen LogP contribution in [-0.2, 0) is 0 Å². The van der Waals surface area contributed by atoms with E-state index in [-0.39, 0.29) is 0 Å². The number of fused-ring (bicyclic) bond motifs is 12. The lowest BCUT2D eigenvalue weighted by Gasteiger charge is -2.16. The zero-order chi connectivity index (χ0) is 38.6. The lowest BCUT2D eigenvalue weighted by molar-refractivity contribution is 1.08. The van der Waals surface area contributed by atoms with E-state index in [9.17, 15) is 0 Å². The first-order valence-electron chi connectivity index (χ1n) is 20.1. The molecule has 0 spiro atoms. The van der Waals surface area contributed by atoms with Crippen molar-refractivity contribution in [2.75, 3.05) is 0 Å². The predicted octanol–water partition coefficient (Wildman–Crippen LogP) is 13.7. The van der Waals surface area contributed by atoms with E-state index in [1.165, 1.54) is 48.9 Å². The lowest BCUT2D eigenvalue weighted by Crippen LogP contribution is -2.04. The Balaban J connectivity index is 1.13. The van der Waals surface area contributed by atoms with Gasteiger partial charge in [0.15, 0.2) is 5.82 Å². The number of benzene rings is 9. The van der Waals surface area contributed by atoms with Gasteiger partial charge in [-0.3, -0.25) is 4.57 Å². The molecule has 0 aliphatic rings. The van der Waals surface area contributed by atoms with Crippen LogP contribution in [0.25, 0.3) is 116 Å². The maximum Gasteiger partial charge on any atom is 0.165 e. The predicted molar refractivity (Wildman–Crippen MR) is 245 cm³/mol. The van der Waals surface area contributed by atoms with Gasteiger partial charge in [-0.2, -0.15) is 0 Å². The fraction of sp³-hybridized carbons (Fsp3) is 0. The van der Waals surface area contributed by atoms with E-state index in [1.807, 2.05) is 12.1 Å². The first kappa shape index (κ1) is 32.1. The quantitative estimate of drug-likeness (QED) is 0.180. The summed E-state index contributed by atoms with van der Waals surface area (Å²) < 4.78 is 7.18. The zero-order valence-electron chi connectivity index (χ0n) is 31.8. The fourth-order valence-corrected chi connectivity index (χ4v) is 9.74. The molecule has 13 aromatic rings. The van der Waals surface area contributed by atoms with Crippen LogP contribution in [-0.4, -0.2) is 23.7 Å². The SMILES string of the molecule is c1ccc(-n2c3ccccc3c3c4c5ccccc5n(-c5ccc6c7ccccc7n(-c7nc8ccccc8nc7-c7cccc8ccccc78)c6c5)c4ccc32)cc1. The van der Waals surface area contributed by atoms with Crippen LogP contribution in [0.3, 0.4) is 0 Å². The van der Waals surface area contributed by atoms with Crippen LogP contribution >= 0.6 is 0 Å². The van der Waals surface area contributed by atoms with Gasteiger partial charge in [-0.25, -0.2) is 9.97 Å². The van der Waals surface area contributed by atoms with Crippen molar-refractivity contribution < 1.29 is 0 Å². The molecule has 0 fully saturated rings. The molecule has 0 aliphatic carbocycles. The number of aromatic nitrogens is 5. The summed E-state index contributed by atoms with van der Waals surface area (Å²) in [4.78, 5) is 10.9. The number of nitrogens with zero attached hydrogens (tertiary/aromatic N) is 5. The highest BCUT2D eigenvalue weighted by atomic mass is 15.1. The third-order valence-electron chi connectivity index (χ3n) is 12.2. The third kappa shape index (κ3) is 4.55. The Bertz CT molecular complexity index is 3840. The molecule has 0 atom stereocenters. The largest absolute Gasteiger partial charge is 0.309 e. The highest BCUT2D eigenvalue weighted by molar-refractivity contribution is 6.29. The Morgan fingerprint density at radius 1 is 0.305 bits per heavy atom. The monoisotopic (exact) mass is 751 g/mol. The van der Waals surface area contributed by atoms with Crippen molar-refractivity contribution in [2.24, 2.45) is 0 Å². The first-order chi connectivity index (χ1) is 29.3. The van der Waals surface area contributed by atoms with Crippen molar-refractivity contribution in [2.45, 2.75) is 0 Å². The molecule has 59 heavy (non-hydrogen) atoms.